The topological polar surface area (TPSA) is 55.8 Å². The van der Waals surface area contributed by atoms with E-state index in [2.05, 4.69) is 9.47 Å². The van der Waals surface area contributed by atoms with Gasteiger partial charge in [-0.25, -0.2) is 9.18 Å². The van der Waals surface area contributed by atoms with E-state index >= 15 is 0 Å². The third-order valence-corrected chi connectivity index (χ3v) is 1.68. The second kappa shape index (κ2) is 3.95. The standard InChI is InChI=1S/C9H9FO4/c1-13-8-4-7(11)5(3-6(8)10)9(12)14-2/h3-4,11H,1-2H3. The van der Waals surface area contributed by atoms with Crippen molar-refractivity contribution in [1.82, 2.24) is 0 Å². The molecule has 0 atom stereocenters. The third-order valence-electron chi connectivity index (χ3n) is 1.68. The number of methoxy groups -OCH3 is 2. The summed E-state index contributed by atoms with van der Waals surface area (Å²) in [6.45, 7) is 0. The fourth-order valence-electron chi connectivity index (χ4n) is 0.973. The molecule has 0 saturated carbocycles. The van der Waals surface area contributed by atoms with Gasteiger partial charge in [0, 0.05) is 6.07 Å². The lowest BCUT2D eigenvalue weighted by Crippen LogP contribution is -2.03. The molecule has 0 unspecified atom stereocenters. The Hall–Kier alpha value is -1.78. The molecule has 0 heterocycles. The van der Waals surface area contributed by atoms with Crippen LogP contribution >= 0.6 is 0 Å². The minimum Gasteiger partial charge on any atom is -0.507 e. The van der Waals surface area contributed by atoms with Crippen molar-refractivity contribution in [2.24, 2.45) is 0 Å². The molecule has 0 aromatic heterocycles. The van der Waals surface area contributed by atoms with E-state index in [1.165, 1.54) is 7.11 Å². The van der Waals surface area contributed by atoms with Gasteiger partial charge in [0.1, 0.15) is 11.3 Å². The smallest absolute Gasteiger partial charge is 0.341 e. The van der Waals surface area contributed by atoms with Gasteiger partial charge in [-0.3, -0.25) is 0 Å². The number of aromatic hydroxyl groups is 1. The number of esters is 1. The number of carbonyl (C=O) groups is 1. The maximum Gasteiger partial charge on any atom is 0.341 e. The highest BCUT2D eigenvalue weighted by Crippen LogP contribution is 2.27. The first-order chi connectivity index (χ1) is 6.60. The van der Waals surface area contributed by atoms with E-state index in [1.54, 1.807) is 0 Å². The molecule has 0 bridgehead atoms. The van der Waals surface area contributed by atoms with Crippen molar-refractivity contribution in [3.63, 3.8) is 0 Å². The molecule has 0 spiro atoms. The fourth-order valence-corrected chi connectivity index (χ4v) is 0.973. The minimum absolute atomic E-state index is 0.129. The zero-order valence-corrected chi connectivity index (χ0v) is 7.70. The highest BCUT2D eigenvalue weighted by Gasteiger charge is 2.15. The minimum atomic E-state index is -0.802. The lowest BCUT2D eigenvalue weighted by molar-refractivity contribution is 0.0596. The van der Waals surface area contributed by atoms with Crippen LogP contribution in [0.25, 0.3) is 0 Å². The van der Waals surface area contributed by atoms with Crippen LogP contribution in [0.4, 0.5) is 4.39 Å². The maximum absolute atomic E-state index is 13.1. The van der Waals surface area contributed by atoms with Crippen molar-refractivity contribution < 1.29 is 23.8 Å². The molecule has 0 amide bonds. The van der Waals surface area contributed by atoms with Gasteiger partial charge in [-0.15, -0.1) is 0 Å². The van der Waals surface area contributed by atoms with Gasteiger partial charge in [0.25, 0.3) is 0 Å². The molecule has 0 saturated heterocycles. The molecule has 4 nitrogen and oxygen atoms in total. The number of phenolic OH excluding ortho intramolecular Hbond substituents is 1. The average molecular weight is 200 g/mol. The molecule has 0 radical (unpaired) electrons. The average Bonchev–Trinajstić information content (AvgIpc) is 2.19. The van der Waals surface area contributed by atoms with Crippen LogP contribution in [-0.2, 0) is 4.74 Å². The molecule has 0 aliphatic carbocycles. The summed E-state index contributed by atoms with van der Waals surface area (Å²) in [5, 5.41) is 9.30. The van der Waals surface area contributed by atoms with Gasteiger partial charge < -0.3 is 14.6 Å². The van der Waals surface area contributed by atoms with E-state index in [0.29, 0.717) is 0 Å². The Morgan fingerprint density at radius 1 is 1.43 bits per heavy atom. The molecule has 1 aromatic carbocycles. The van der Waals surface area contributed by atoms with Gasteiger partial charge in [0.15, 0.2) is 11.6 Å². The van der Waals surface area contributed by atoms with Gasteiger partial charge in [0.05, 0.1) is 14.2 Å². The SMILES string of the molecule is COC(=O)c1cc(F)c(OC)cc1O. The zero-order valence-electron chi connectivity index (χ0n) is 7.70. The van der Waals surface area contributed by atoms with Crippen LogP contribution < -0.4 is 4.74 Å². The van der Waals surface area contributed by atoms with Crippen molar-refractivity contribution in [1.29, 1.82) is 0 Å². The number of hydrogen-bond donors (Lipinski definition) is 1. The predicted octanol–water partition coefficient (Wildman–Crippen LogP) is 1.33. The monoisotopic (exact) mass is 200 g/mol. The van der Waals surface area contributed by atoms with Crippen molar-refractivity contribution in [3.05, 3.63) is 23.5 Å². The summed E-state index contributed by atoms with van der Waals surface area (Å²) in [5.74, 6) is -2.04. The van der Waals surface area contributed by atoms with Crippen molar-refractivity contribution >= 4 is 5.97 Å². The van der Waals surface area contributed by atoms with Crippen molar-refractivity contribution in [3.8, 4) is 11.5 Å². The Kier molecular flexibility index (Phi) is 2.91. The van der Waals surface area contributed by atoms with Crippen LogP contribution in [0.1, 0.15) is 10.4 Å². The molecular formula is C9H9FO4. The van der Waals surface area contributed by atoms with Crippen molar-refractivity contribution in [2.45, 2.75) is 0 Å². The summed E-state index contributed by atoms with van der Waals surface area (Å²) in [6, 6.07) is 1.88. The van der Waals surface area contributed by atoms with Crippen LogP contribution in [-0.4, -0.2) is 25.3 Å². The number of phenols is 1. The second-order valence-electron chi connectivity index (χ2n) is 2.50. The number of benzene rings is 1. The maximum atomic E-state index is 13.1. The highest BCUT2D eigenvalue weighted by atomic mass is 19.1. The van der Waals surface area contributed by atoms with Crippen LogP contribution in [0.2, 0.25) is 0 Å². The van der Waals surface area contributed by atoms with Crippen LogP contribution in [0, 0.1) is 5.82 Å². The van der Waals surface area contributed by atoms with E-state index < -0.39 is 11.8 Å². The second-order valence-corrected chi connectivity index (χ2v) is 2.50. The number of carbonyl (C=O) groups excluding carboxylic acids is 1. The van der Waals surface area contributed by atoms with Gasteiger partial charge in [0.2, 0.25) is 0 Å². The first-order valence-corrected chi connectivity index (χ1v) is 3.75. The third kappa shape index (κ3) is 1.76. The molecule has 1 aromatic rings. The zero-order chi connectivity index (χ0) is 10.7. The van der Waals surface area contributed by atoms with E-state index in [-0.39, 0.29) is 17.1 Å². The van der Waals surface area contributed by atoms with E-state index in [0.717, 1.165) is 19.2 Å². The van der Waals surface area contributed by atoms with Crippen LogP contribution in [0.3, 0.4) is 0 Å². The molecule has 0 aliphatic rings. The Morgan fingerprint density at radius 3 is 2.57 bits per heavy atom. The molecule has 14 heavy (non-hydrogen) atoms. The fraction of sp³-hybridized carbons (Fsp3) is 0.222. The predicted molar refractivity (Wildman–Crippen MR) is 46.0 cm³/mol. The first-order valence-electron chi connectivity index (χ1n) is 3.75. The van der Waals surface area contributed by atoms with Crippen molar-refractivity contribution in [2.75, 3.05) is 14.2 Å². The Bertz CT molecular complexity index is 362. The quantitative estimate of drug-likeness (QED) is 0.731. The molecule has 0 fully saturated rings. The van der Waals surface area contributed by atoms with Gasteiger partial charge in [-0.1, -0.05) is 0 Å². The Morgan fingerprint density at radius 2 is 2.07 bits per heavy atom. The Labute approximate surface area is 79.9 Å². The lowest BCUT2D eigenvalue weighted by Gasteiger charge is -2.06. The summed E-state index contributed by atoms with van der Waals surface area (Å²) >= 11 is 0. The highest BCUT2D eigenvalue weighted by molar-refractivity contribution is 5.92. The van der Waals surface area contributed by atoms with Gasteiger partial charge in [-0.05, 0) is 6.07 Å². The van der Waals surface area contributed by atoms with E-state index in [1.807, 2.05) is 0 Å². The molecule has 76 valence electrons. The van der Waals surface area contributed by atoms with E-state index in [9.17, 15) is 14.3 Å². The summed E-state index contributed by atoms with van der Waals surface area (Å²) in [6.07, 6.45) is 0. The van der Waals surface area contributed by atoms with Gasteiger partial charge >= 0.3 is 5.97 Å². The number of hydrogen-bond acceptors (Lipinski definition) is 4. The molecule has 0 aliphatic heterocycles. The number of halogens is 1. The first kappa shape index (κ1) is 10.3. The van der Waals surface area contributed by atoms with Crippen LogP contribution in [0.5, 0.6) is 11.5 Å². The molecular weight excluding hydrogens is 191 g/mol. The van der Waals surface area contributed by atoms with Crippen LogP contribution in [0.15, 0.2) is 12.1 Å². The summed E-state index contributed by atoms with van der Waals surface area (Å²) in [4.78, 5) is 11.0. The summed E-state index contributed by atoms with van der Waals surface area (Å²) in [5.41, 5.74) is -0.231. The lowest BCUT2D eigenvalue weighted by atomic mass is 10.2. The Balaban J connectivity index is 3.21. The molecule has 5 heteroatoms. The molecule has 1 rings (SSSR count). The van der Waals surface area contributed by atoms with E-state index in [4.69, 9.17) is 0 Å². The number of rotatable bonds is 2. The number of ether oxygens (including phenoxy) is 2. The summed E-state index contributed by atoms with van der Waals surface area (Å²) < 4.78 is 22.0. The largest absolute Gasteiger partial charge is 0.507 e. The molecule has 1 N–H and O–H groups in total. The normalized spacial score (nSPS) is 9.64. The summed E-state index contributed by atoms with van der Waals surface area (Å²) in [7, 11) is 2.40. The van der Waals surface area contributed by atoms with Gasteiger partial charge in [-0.2, -0.15) is 0 Å².